The van der Waals surface area contributed by atoms with Crippen molar-refractivity contribution in [2.24, 2.45) is 30.4 Å². The molecule has 3 aromatic heterocycles. The van der Waals surface area contributed by atoms with E-state index in [1.165, 1.54) is 12.8 Å². The van der Waals surface area contributed by atoms with E-state index in [1.807, 2.05) is 46.8 Å². The Kier molecular flexibility index (Phi) is 7.62. The number of nitrogens with two attached hydrogens (primary N) is 2. The zero-order chi connectivity index (χ0) is 34.0. The van der Waals surface area contributed by atoms with Crippen LogP contribution in [-0.4, -0.2) is 74.0 Å². The molecule has 5 aromatic rings. The van der Waals surface area contributed by atoms with Gasteiger partial charge in [0.15, 0.2) is 5.82 Å². The lowest BCUT2D eigenvalue weighted by Gasteiger charge is -2.27. The third-order valence-corrected chi connectivity index (χ3v) is 10.5. The molecule has 2 unspecified atom stereocenters. The van der Waals surface area contributed by atoms with Gasteiger partial charge in [0.05, 0.1) is 24.0 Å². The van der Waals surface area contributed by atoms with Crippen molar-refractivity contribution in [3.63, 3.8) is 0 Å². The van der Waals surface area contributed by atoms with Gasteiger partial charge in [-0.05, 0) is 80.0 Å². The summed E-state index contributed by atoms with van der Waals surface area (Å²) in [6.07, 6.45) is 4.47. The number of fused-ring (bicyclic) bond motifs is 4. The lowest BCUT2D eigenvalue weighted by atomic mass is 10.1. The topological polar surface area (TPSA) is 163 Å². The summed E-state index contributed by atoms with van der Waals surface area (Å²) >= 11 is 0. The third kappa shape index (κ3) is 5.49. The van der Waals surface area contributed by atoms with Crippen molar-refractivity contribution in [2.45, 2.75) is 50.7 Å². The van der Waals surface area contributed by atoms with Crippen molar-refractivity contribution in [1.82, 2.24) is 29.3 Å². The summed E-state index contributed by atoms with van der Waals surface area (Å²) in [6.45, 7) is 1.72. The summed E-state index contributed by atoms with van der Waals surface area (Å²) in [6, 6.07) is 17.3. The standard InChI is InChI=1S/C37H40N8O4/c1-43-33-27(15-25(17-30(33)49-2)37(48)45-19-24-10-12-28(45)32(24)39)42-35(43)29-16-23-9-11-26(41-34(23)44(29)18-20-3-4-20)21-5-7-22(8-6-21)36(47)40-14-13-31(38)46/h5-9,11,15-17,20,24,28,32H,3-4,10,12-14,18-19,39H2,1-2H3,(H2,38,46)(H,40,47)/t24?,28?,32-/m1/s1. The number of nitrogens with one attached hydrogen (secondary N) is 1. The van der Waals surface area contributed by atoms with E-state index < -0.39 is 5.91 Å². The minimum absolute atomic E-state index is 0.0219. The highest BCUT2D eigenvalue weighted by Gasteiger charge is 2.47. The number of aryl methyl sites for hydroxylation is 1. The first kappa shape index (κ1) is 31.1. The van der Waals surface area contributed by atoms with Gasteiger partial charge in [-0.25, -0.2) is 9.97 Å². The second-order valence-corrected chi connectivity index (χ2v) is 13.7. The molecule has 0 radical (unpaired) electrons. The van der Waals surface area contributed by atoms with Crippen LogP contribution in [0.2, 0.25) is 0 Å². The molecule has 49 heavy (non-hydrogen) atoms. The molecule has 2 aromatic carbocycles. The van der Waals surface area contributed by atoms with Gasteiger partial charge in [0.25, 0.3) is 11.8 Å². The lowest BCUT2D eigenvalue weighted by molar-refractivity contribution is -0.117. The van der Waals surface area contributed by atoms with Gasteiger partial charge in [-0.3, -0.25) is 14.4 Å². The quantitative estimate of drug-likeness (QED) is 0.205. The van der Waals surface area contributed by atoms with Crippen LogP contribution in [0.1, 0.15) is 52.8 Å². The second kappa shape index (κ2) is 12.0. The number of methoxy groups -OCH3 is 1. The van der Waals surface area contributed by atoms with Crippen molar-refractivity contribution in [3.05, 3.63) is 65.7 Å². The number of pyridine rings is 1. The molecule has 8 rings (SSSR count). The fourth-order valence-electron chi connectivity index (χ4n) is 7.68. The Balaban J connectivity index is 1.14. The van der Waals surface area contributed by atoms with Crippen LogP contribution < -0.4 is 21.5 Å². The molecule has 3 amide bonds. The van der Waals surface area contributed by atoms with Crippen molar-refractivity contribution < 1.29 is 19.1 Å². The average molecular weight is 661 g/mol. The molecule has 0 spiro atoms. The molecule has 3 aliphatic rings. The first-order valence-electron chi connectivity index (χ1n) is 17.0. The number of likely N-dealkylation sites (tertiary alicyclic amines) is 1. The maximum atomic E-state index is 13.8. The molecule has 2 aliphatic carbocycles. The molecule has 1 aliphatic heterocycles. The van der Waals surface area contributed by atoms with E-state index in [-0.39, 0.29) is 36.9 Å². The minimum atomic E-state index is -0.460. The fourth-order valence-corrected chi connectivity index (χ4v) is 7.68. The molecule has 3 atom stereocenters. The van der Waals surface area contributed by atoms with Gasteiger partial charge >= 0.3 is 0 Å². The maximum Gasteiger partial charge on any atom is 0.254 e. The molecule has 4 heterocycles. The Labute approximate surface area is 283 Å². The average Bonchev–Trinajstić information content (AvgIpc) is 3.51. The first-order valence-corrected chi connectivity index (χ1v) is 17.0. The molecule has 12 nitrogen and oxygen atoms in total. The van der Waals surface area contributed by atoms with Crippen LogP contribution in [0.5, 0.6) is 5.75 Å². The van der Waals surface area contributed by atoms with Gasteiger partial charge in [0.1, 0.15) is 16.9 Å². The smallest absolute Gasteiger partial charge is 0.254 e. The number of imidazole rings is 1. The number of carbonyl (C=O) groups is 3. The van der Waals surface area contributed by atoms with E-state index >= 15 is 0 Å². The largest absolute Gasteiger partial charge is 0.494 e. The monoisotopic (exact) mass is 660 g/mol. The van der Waals surface area contributed by atoms with Crippen molar-refractivity contribution >= 4 is 39.8 Å². The van der Waals surface area contributed by atoms with Crippen LogP contribution in [0, 0.1) is 11.8 Å². The molecule has 12 heteroatoms. The Hall–Kier alpha value is -5.23. The Morgan fingerprint density at radius 3 is 2.45 bits per heavy atom. The first-order chi connectivity index (χ1) is 23.7. The number of rotatable bonds is 10. The molecular formula is C37H40N8O4. The Morgan fingerprint density at radius 2 is 1.78 bits per heavy atom. The predicted molar refractivity (Wildman–Crippen MR) is 186 cm³/mol. The number of aromatic nitrogens is 4. The van der Waals surface area contributed by atoms with E-state index in [0.717, 1.165) is 58.7 Å². The number of hydrogen-bond donors (Lipinski definition) is 3. The van der Waals surface area contributed by atoms with Crippen LogP contribution in [0.4, 0.5) is 0 Å². The van der Waals surface area contributed by atoms with Gasteiger partial charge in [-0.1, -0.05) is 12.1 Å². The number of nitrogens with zero attached hydrogens (tertiary/aromatic N) is 5. The molecule has 3 fully saturated rings. The molecular weight excluding hydrogens is 620 g/mol. The van der Waals surface area contributed by atoms with Crippen molar-refractivity contribution in [1.29, 1.82) is 0 Å². The number of carbonyl (C=O) groups excluding carboxylic acids is 3. The molecule has 252 valence electrons. The van der Waals surface area contributed by atoms with Crippen LogP contribution in [0.25, 0.3) is 44.8 Å². The van der Waals surface area contributed by atoms with Gasteiger partial charge in [0.2, 0.25) is 5.91 Å². The summed E-state index contributed by atoms with van der Waals surface area (Å²) < 4.78 is 10.2. The maximum absolute atomic E-state index is 13.8. The number of ether oxygens (including phenoxy) is 1. The number of hydrogen-bond acceptors (Lipinski definition) is 7. The predicted octanol–water partition coefficient (Wildman–Crippen LogP) is 3.84. The normalized spacial score (nSPS) is 20.0. The molecule has 2 saturated carbocycles. The van der Waals surface area contributed by atoms with Gasteiger partial charge in [0, 0.05) is 67.3 Å². The Morgan fingerprint density at radius 1 is 0.980 bits per heavy atom. The van der Waals surface area contributed by atoms with Crippen molar-refractivity contribution in [3.8, 4) is 28.5 Å². The van der Waals surface area contributed by atoms with Gasteiger partial charge in [-0.2, -0.15) is 0 Å². The van der Waals surface area contributed by atoms with E-state index in [9.17, 15) is 14.4 Å². The van der Waals surface area contributed by atoms with E-state index in [0.29, 0.717) is 40.8 Å². The SMILES string of the molecule is COc1cc(C(=O)N2CC3CCC2[C@@H]3N)cc2nc(-c3cc4ccc(-c5ccc(C(=O)NCCC(N)=O)cc5)nc4n3CC3CC3)n(C)c12. The van der Waals surface area contributed by atoms with Gasteiger partial charge < -0.3 is 35.6 Å². The summed E-state index contributed by atoms with van der Waals surface area (Å²) in [7, 11) is 3.61. The highest BCUT2D eigenvalue weighted by molar-refractivity contribution is 6.00. The van der Waals surface area contributed by atoms with E-state index in [4.69, 9.17) is 26.2 Å². The van der Waals surface area contributed by atoms with E-state index in [2.05, 4.69) is 22.0 Å². The van der Waals surface area contributed by atoms with E-state index in [1.54, 1.807) is 19.2 Å². The molecule has 5 N–H and O–H groups in total. The lowest BCUT2D eigenvalue weighted by Crippen LogP contribution is -2.41. The second-order valence-electron chi connectivity index (χ2n) is 13.7. The number of primary amides is 1. The zero-order valence-corrected chi connectivity index (χ0v) is 27.7. The summed E-state index contributed by atoms with van der Waals surface area (Å²) in [5.74, 6) is 1.57. The van der Waals surface area contributed by atoms with Crippen LogP contribution >= 0.6 is 0 Å². The number of piperidine rings is 1. The van der Waals surface area contributed by atoms with Crippen LogP contribution in [0.3, 0.4) is 0 Å². The Bertz CT molecular complexity index is 2130. The zero-order valence-electron chi connectivity index (χ0n) is 27.7. The van der Waals surface area contributed by atoms with Crippen LogP contribution in [-0.2, 0) is 18.4 Å². The third-order valence-electron chi connectivity index (χ3n) is 10.5. The van der Waals surface area contributed by atoms with Crippen LogP contribution in [0.15, 0.2) is 54.6 Å². The van der Waals surface area contributed by atoms with Gasteiger partial charge in [-0.15, -0.1) is 0 Å². The summed E-state index contributed by atoms with van der Waals surface area (Å²) in [5, 5.41) is 3.72. The highest BCUT2D eigenvalue weighted by atomic mass is 16.5. The summed E-state index contributed by atoms with van der Waals surface area (Å²) in [5.41, 5.74) is 17.7. The van der Waals surface area contributed by atoms with Crippen molar-refractivity contribution in [2.75, 3.05) is 20.2 Å². The number of amides is 3. The highest BCUT2D eigenvalue weighted by Crippen LogP contribution is 2.40. The molecule has 2 bridgehead atoms. The minimum Gasteiger partial charge on any atom is -0.494 e. The fraction of sp³-hybridized carbons (Fsp3) is 0.378. The number of benzene rings is 2. The summed E-state index contributed by atoms with van der Waals surface area (Å²) in [4.78, 5) is 49.4. The molecule has 1 saturated heterocycles.